The van der Waals surface area contributed by atoms with Crippen LogP contribution in [-0.2, 0) is 13.2 Å². The molecule has 0 aromatic heterocycles. The minimum absolute atomic E-state index is 0.0792. The van der Waals surface area contributed by atoms with Gasteiger partial charge in [-0.2, -0.15) is 0 Å². The summed E-state index contributed by atoms with van der Waals surface area (Å²) in [4.78, 5) is 0. The maximum absolute atomic E-state index is 6.22. The lowest BCUT2D eigenvalue weighted by Crippen LogP contribution is -2.22. The summed E-state index contributed by atoms with van der Waals surface area (Å²) in [6, 6.07) is 37.3. The topological polar surface area (TPSA) is 30.5 Å². The van der Waals surface area contributed by atoms with Crippen LogP contribution in [-0.4, -0.2) is 7.11 Å². The Morgan fingerprint density at radius 1 is 0.677 bits per heavy atom. The van der Waals surface area contributed by atoms with Crippen molar-refractivity contribution >= 4 is 0 Å². The number of ether oxygens (including phenoxy) is 2. The van der Waals surface area contributed by atoms with Crippen molar-refractivity contribution in [3.63, 3.8) is 0 Å². The fourth-order valence-corrected chi connectivity index (χ4v) is 3.69. The Hall–Kier alpha value is -3.56. The first kappa shape index (κ1) is 20.7. The van der Waals surface area contributed by atoms with Gasteiger partial charge in [0.1, 0.15) is 6.61 Å². The van der Waals surface area contributed by atoms with Crippen molar-refractivity contribution in [2.75, 3.05) is 7.11 Å². The molecule has 0 aliphatic rings. The molecule has 3 heteroatoms. The molecular formula is C28H27NO2. The number of para-hydroxylation sites is 1. The second-order valence-corrected chi connectivity index (χ2v) is 7.36. The molecule has 0 atom stereocenters. The number of benzene rings is 4. The highest BCUT2D eigenvalue weighted by atomic mass is 16.5. The zero-order valence-corrected chi connectivity index (χ0v) is 17.7. The van der Waals surface area contributed by atoms with Crippen molar-refractivity contribution in [3.8, 4) is 11.5 Å². The van der Waals surface area contributed by atoms with E-state index >= 15 is 0 Å². The van der Waals surface area contributed by atoms with Gasteiger partial charge in [0, 0.05) is 12.1 Å². The Bertz CT molecular complexity index is 1030. The van der Waals surface area contributed by atoms with Crippen molar-refractivity contribution in [1.82, 2.24) is 5.32 Å². The average Bonchev–Trinajstić information content (AvgIpc) is 2.85. The highest BCUT2D eigenvalue weighted by molar-refractivity contribution is 5.47. The van der Waals surface area contributed by atoms with Gasteiger partial charge >= 0.3 is 0 Å². The van der Waals surface area contributed by atoms with Crippen LogP contribution in [0, 0.1) is 0 Å². The van der Waals surface area contributed by atoms with Crippen molar-refractivity contribution in [1.29, 1.82) is 0 Å². The monoisotopic (exact) mass is 409 g/mol. The van der Waals surface area contributed by atoms with Gasteiger partial charge < -0.3 is 14.8 Å². The third-order valence-electron chi connectivity index (χ3n) is 5.27. The number of rotatable bonds is 9. The first-order valence-electron chi connectivity index (χ1n) is 10.5. The Labute approximate surface area is 184 Å². The Morgan fingerprint density at radius 3 is 1.84 bits per heavy atom. The van der Waals surface area contributed by atoms with E-state index in [9.17, 15) is 0 Å². The van der Waals surface area contributed by atoms with E-state index < -0.39 is 0 Å². The minimum Gasteiger partial charge on any atom is -0.493 e. The molecule has 0 spiro atoms. The van der Waals surface area contributed by atoms with E-state index in [4.69, 9.17) is 9.47 Å². The zero-order chi connectivity index (χ0) is 21.3. The highest BCUT2D eigenvalue weighted by Crippen LogP contribution is 2.33. The quantitative estimate of drug-likeness (QED) is 0.359. The fraction of sp³-hybridized carbons (Fsp3) is 0.143. The smallest absolute Gasteiger partial charge is 0.166 e. The van der Waals surface area contributed by atoms with Gasteiger partial charge in [0.25, 0.3) is 0 Å². The summed E-state index contributed by atoms with van der Waals surface area (Å²) in [5.41, 5.74) is 4.64. The number of nitrogens with one attached hydrogen (secondary N) is 1. The molecule has 0 aliphatic carbocycles. The average molecular weight is 410 g/mol. The molecule has 1 N–H and O–H groups in total. The largest absolute Gasteiger partial charge is 0.493 e. The van der Waals surface area contributed by atoms with Crippen LogP contribution in [0.4, 0.5) is 0 Å². The Balaban J connectivity index is 1.57. The molecular weight excluding hydrogens is 382 g/mol. The molecule has 3 nitrogen and oxygen atoms in total. The summed E-state index contributed by atoms with van der Waals surface area (Å²) in [5.74, 6) is 1.52. The first-order valence-corrected chi connectivity index (χ1v) is 10.5. The zero-order valence-electron chi connectivity index (χ0n) is 17.7. The van der Waals surface area contributed by atoms with Gasteiger partial charge in [-0.3, -0.25) is 0 Å². The molecule has 0 fully saturated rings. The fourth-order valence-electron chi connectivity index (χ4n) is 3.69. The summed E-state index contributed by atoms with van der Waals surface area (Å²) >= 11 is 0. The van der Waals surface area contributed by atoms with E-state index in [0.29, 0.717) is 13.2 Å². The third kappa shape index (κ3) is 5.33. The predicted molar refractivity (Wildman–Crippen MR) is 125 cm³/mol. The van der Waals surface area contributed by atoms with E-state index in [0.717, 1.165) is 22.6 Å². The van der Waals surface area contributed by atoms with Crippen molar-refractivity contribution in [2.45, 2.75) is 19.2 Å². The second-order valence-electron chi connectivity index (χ2n) is 7.36. The molecule has 0 saturated heterocycles. The molecule has 0 saturated carbocycles. The van der Waals surface area contributed by atoms with E-state index in [1.54, 1.807) is 7.11 Å². The lowest BCUT2D eigenvalue weighted by molar-refractivity contribution is 0.280. The van der Waals surface area contributed by atoms with Gasteiger partial charge in [0.05, 0.1) is 13.2 Å². The SMILES string of the molecule is COc1cccc(CNC(c2ccccc2)c2ccccc2)c1OCc1ccccc1. The third-order valence-corrected chi connectivity index (χ3v) is 5.27. The Morgan fingerprint density at radius 2 is 1.26 bits per heavy atom. The van der Waals surface area contributed by atoms with E-state index in [-0.39, 0.29) is 6.04 Å². The molecule has 0 heterocycles. The maximum Gasteiger partial charge on any atom is 0.166 e. The highest BCUT2D eigenvalue weighted by Gasteiger charge is 2.16. The van der Waals surface area contributed by atoms with Crippen LogP contribution in [0.15, 0.2) is 109 Å². The molecule has 0 bridgehead atoms. The van der Waals surface area contributed by atoms with Crippen LogP contribution in [0.5, 0.6) is 11.5 Å². The summed E-state index contributed by atoms with van der Waals surface area (Å²) in [6.45, 7) is 1.14. The molecule has 0 amide bonds. The van der Waals surface area contributed by atoms with Gasteiger partial charge in [0.15, 0.2) is 11.5 Å². The number of hydrogen-bond acceptors (Lipinski definition) is 3. The molecule has 0 radical (unpaired) electrons. The molecule has 4 aromatic rings. The summed E-state index contributed by atoms with van der Waals surface area (Å²) in [5, 5.41) is 3.72. The van der Waals surface area contributed by atoms with E-state index in [1.807, 2.05) is 42.5 Å². The van der Waals surface area contributed by atoms with Crippen molar-refractivity contribution < 1.29 is 9.47 Å². The van der Waals surface area contributed by atoms with Crippen LogP contribution >= 0.6 is 0 Å². The van der Waals surface area contributed by atoms with Crippen LogP contribution < -0.4 is 14.8 Å². The maximum atomic E-state index is 6.22. The Kier molecular flexibility index (Phi) is 6.99. The lowest BCUT2D eigenvalue weighted by atomic mass is 9.98. The van der Waals surface area contributed by atoms with Gasteiger partial charge in [-0.05, 0) is 22.8 Å². The van der Waals surface area contributed by atoms with Crippen LogP contribution in [0.25, 0.3) is 0 Å². The van der Waals surface area contributed by atoms with Crippen LogP contribution in [0.1, 0.15) is 28.3 Å². The molecule has 0 unspecified atom stereocenters. The van der Waals surface area contributed by atoms with Crippen molar-refractivity contribution in [3.05, 3.63) is 131 Å². The van der Waals surface area contributed by atoms with E-state index in [1.165, 1.54) is 11.1 Å². The molecule has 4 rings (SSSR count). The molecule has 31 heavy (non-hydrogen) atoms. The molecule has 156 valence electrons. The van der Waals surface area contributed by atoms with Gasteiger partial charge in [-0.1, -0.05) is 103 Å². The van der Waals surface area contributed by atoms with Crippen molar-refractivity contribution in [2.24, 2.45) is 0 Å². The normalized spacial score (nSPS) is 10.8. The van der Waals surface area contributed by atoms with Gasteiger partial charge in [0.2, 0.25) is 0 Å². The summed E-state index contributed by atoms with van der Waals surface area (Å²) in [6.07, 6.45) is 0. The van der Waals surface area contributed by atoms with Crippen LogP contribution in [0.3, 0.4) is 0 Å². The lowest BCUT2D eigenvalue weighted by Gasteiger charge is -2.22. The summed E-state index contributed by atoms with van der Waals surface area (Å²) < 4.78 is 11.8. The molecule has 4 aromatic carbocycles. The second kappa shape index (κ2) is 10.5. The van der Waals surface area contributed by atoms with E-state index in [2.05, 4.69) is 72.0 Å². The molecule has 0 aliphatic heterocycles. The minimum atomic E-state index is 0.0792. The van der Waals surface area contributed by atoms with Crippen LogP contribution in [0.2, 0.25) is 0 Å². The standard InChI is InChI=1S/C28H27NO2/c1-30-26-19-11-18-25(28(26)31-21-22-12-5-2-6-13-22)20-29-27(23-14-7-3-8-15-23)24-16-9-4-10-17-24/h2-19,27,29H,20-21H2,1H3. The summed E-state index contributed by atoms with van der Waals surface area (Å²) in [7, 11) is 1.68. The van der Waals surface area contributed by atoms with Gasteiger partial charge in [-0.25, -0.2) is 0 Å². The number of hydrogen-bond donors (Lipinski definition) is 1. The predicted octanol–water partition coefficient (Wildman–Crippen LogP) is 6.15. The first-order chi connectivity index (χ1) is 15.3. The number of methoxy groups -OCH3 is 1. The van der Waals surface area contributed by atoms with Gasteiger partial charge in [-0.15, -0.1) is 0 Å².